The Balaban J connectivity index is 2.76. The summed E-state index contributed by atoms with van der Waals surface area (Å²) in [5.41, 5.74) is 0.317. The van der Waals surface area contributed by atoms with Crippen LogP contribution in [0.4, 0.5) is 10.5 Å². The van der Waals surface area contributed by atoms with Crippen molar-refractivity contribution >= 4 is 55.5 Å². The molecule has 3 amide bonds. The molecule has 0 aliphatic heterocycles. The summed E-state index contributed by atoms with van der Waals surface area (Å²) in [5.74, 6) is -1.97. The van der Waals surface area contributed by atoms with Crippen molar-refractivity contribution in [2.24, 2.45) is 0 Å². The summed E-state index contributed by atoms with van der Waals surface area (Å²) in [6.07, 6.45) is 0. The van der Waals surface area contributed by atoms with E-state index in [2.05, 4.69) is 42.5 Å². The molecule has 1 aromatic rings. The summed E-state index contributed by atoms with van der Waals surface area (Å²) in [4.78, 5) is 34.2. The molecule has 0 radical (unpaired) electrons. The zero-order valence-corrected chi connectivity index (χ0v) is 14.3. The summed E-state index contributed by atoms with van der Waals surface area (Å²) >= 11 is 6.55. The van der Waals surface area contributed by atoms with Crippen LogP contribution >= 0.6 is 31.9 Å². The average molecular weight is 420 g/mol. The number of rotatable bonds is 3. The van der Waals surface area contributed by atoms with E-state index in [0.29, 0.717) is 10.2 Å². The van der Waals surface area contributed by atoms with Crippen LogP contribution in [-0.4, -0.2) is 23.0 Å². The van der Waals surface area contributed by atoms with E-state index in [9.17, 15) is 14.4 Å². The first-order chi connectivity index (χ1) is 9.72. The quantitative estimate of drug-likeness (QED) is 0.655. The fraction of sp³-hybridized carbons (Fsp3) is 0.154. The van der Waals surface area contributed by atoms with Crippen LogP contribution in [-0.2, 0) is 9.59 Å². The van der Waals surface area contributed by atoms with Gasteiger partial charge in [0.25, 0.3) is 5.91 Å². The molecule has 8 heteroatoms. The standard InChI is InChI=1S/C13H12Br2N2O4/c1-6(7(2)12(19)20)11(18)17-13(21)16-10-4-3-8(14)5-9(10)15/h3-5H,1-2H3,(H,19,20)(H2,16,17,18,21). The first-order valence-corrected chi connectivity index (χ1v) is 7.29. The lowest BCUT2D eigenvalue weighted by atomic mass is 10.1. The van der Waals surface area contributed by atoms with Crippen LogP contribution in [0, 0.1) is 0 Å². The highest BCUT2D eigenvalue weighted by Crippen LogP contribution is 2.25. The maximum absolute atomic E-state index is 11.7. The Bertz CT molecular complexity index is 641. The van der Waals surface area contributed by atoms with E-state index in [4.69, 9.17) is 5.11 Å². The second-order valence-corrected chi connectivity index (χ2v) is 5.86. The molecule has 6 nitrogen and oxygen atoms in total. The molecule has 0 saturated heterocycles. The Morgan fingerprint density at radius 3 is 2.24 bits per heavy atom. The number of anilines is 1. The number of carbonyl (C=O) groups excluding carboxylic acids is 2. The van der Waals surface area contributed by atoms with E-state index < -0.39 is 17.9 Å². The van der Waals surface area contributed by atoms with Gasteiger partial charge in [0.05, 0.1) is 5.69 Å². The van der Waals surface area contributed by atoms with Gasteiger partial charge < -0.3 is 10.4 Å². The number of imide groups is 1. The minimum atomic E-state index is -1.21. The Hall–Kier alpha value is -1.67. The van der Waals surface area contributed by atoms with Gasteiger partial charge in [-0.25, -0.2) is 9.59 Å². The van der Waals surface area contributed by atoms with Crippen LogP contribution in [0.15, 0.2) is 38.3 Å². The number of benzene rings is 1. The number of urea groups is 1. The first kappa shape index (κ1) is 17.4. The molecule has 0 atom stereocenters. The van der Waals surface area contributed by atoms with Crippen molar-refractivity contribution in [2.45, 2.75) is 13.8 Å². The molecule has 0 saturated carbocycles. The largest absolute Gasteiger partial charge is 0.478 e. The number of nitrogens with one attached hydrogen (secondary N) is 2. The smallest absolute Gasteiger partial charge is 0.331 e. The normalized spacial score (nSPS) is 11.4. The van der Waals surface area contributed by atoms with Crippen molar-refractivity contribution in [3.8, 4) is 0 Å². The lowest BCUT2D eigenvalue weighted by molar-refractivity contribution is -0.133. The second-order valence-electron chi connectivity index (χ2n) is 4.09. The van der Waals surface area contributed by atoms with E-state index in [1.54, 1.807) is 18.2 Å². The highest BCUT2D eigenvalue weighted by Gasteiger charge is 2.15. The summed E-state index contributed by atoms with van der Waals surface area (Å²) in [7, 11) is 0. The van der Waals surface area contributed by atoms with E-state index in [-0.39, 0.29) is 11.1 Å². The minimum absolute atomic E-state index is 0.0347. The Labute approximate surface area is 137 Å². The number of hydrogen-bond donors (Lipinski definition) is 3. The second kappa shape index (κ2) is 7.37. The van der Waals surface area contributed by atoms with Gasteiger partial charge in [-0.1, -0.05) is 15.9 Å². The number of carboxylic acids is 1. The van der Waals surface area contributed by atoms with E-state index in [1.165, 1.54) is 13.8 Å². The average Bonchev–Trinajstić information content (AvgIpc) is 2.40. The molecule has 0 fully saturated rings. The van der Waals surface area contributed by atoms with Crippen molar-refractivity contribution in [1.29, 1.82) is 0 Å². The molecule has 0 aliphatic carbocycles. The van der Waals surface area contributed by atoms with Gasteiger partial charge in [0.15, 0.2) is 0 Å². The van der Waals surface area contributed by atoms with Crippen LogP contribution in [0.5, 0.6) is 0 Å². The molecule has 1 rings (SSSR count). The van der Waals surface area contributed by atoms with Crippen molar-refractivity contribution in [2.75, 3.05) is 5.32 Å². The number of hydrogen-bond acceptors (Lipinski definition) is 3. The van der Waals surface area contributed by atoms with Gasteiger partial charge >= 0.3 is 12.0 Å². The number of amides is 3. The van der Waals surface area contributed by atoms with Gasteiger partial charge in [-0.3, -0.25) is 10.1 Å². The maximum Gasteiger partial charge on any atom is 0.331 e. The number of halogens is 2. The van der Waals surface area contributed by atoms with Crippen molar-refractivity contribution in [3.63, 3.8) is 0 Å². The number of carboxylic acid groups (broad SMARTS) is 1. The molecule has 21 heavy (non-hydrogen) atoms. The third-order valence-electron chi connectivity index (χ3n) is 2.63. The van der Waals surface area contributed by atoms with Crippen LogP contribution in [0.1, 0.15) is 13.8 Å². The van der Waals surface area contributed by atoms with Gasteiger partial charge in [0.1, 0.15) is 0 Å². The highest BCUT2D eigenvalue weighted by molar-refractivity contribution is 9.11. The zero-order chi connectivity index (χ0) is 16.2. The molecule has 1 aromatic carbocycles. The van der Waals surface area contributed by atoms with Crippen LogP contribution < -0.4 is 10.6 Å². The topological polar surface area (TPSA) is 95.5 Å². The first-order valence-electron chi connectivity index (χ1n) is 5.70. The Morgan fingerprint density at radius 1 is 1.10 bits per heavy atom. The molecule has 0 bridgehead atoms. The molecule has 0 aliphatic rings. The molecular weight excluding hydrogens is 408 g/mol. The SMILES string of the molecule is CC(C(=O)O)=C(C)C(=O)NC(=O)Nc1ccc(Br)cc1Br. The van der Waals surface area contributed by atoms with Crippen LogP contribution in [0.2, 0.25) is 0 Å². The molecule has 0 aromatic heterocycles. The molecule has 112 valence electrons. The van der Waals surface area contributed by atoms with Crippen LogP contribution in [0.25, 0.3) is 0 Å². The fourth-order valence-corrected chi connectivity index (χ4v) is 2.42. The lowest BCUT2D eigenvalue weighted by Crippen LogP contribution is -2.35. The summed E-state index contributed by atoms with van der Waals surface area (Å²) < 4.78 is 1.46. The predicted molar refractivity (Wildman–Crippen MR) is 85.0 cm³/mol. The summed E-state index contributed by atoms with van der Waals surface area (Å²) in [6, 6.07) is 4.35. The molecule has 3 N–H and O–H groups in total. The Morgan fingerprint density at radius 2 is 1.71 bits per heavy atom. The van der Waals surface area contributed by atoms with E-state index >= 15 is 0 Å². The molecular formula is C13H12Br2N2O4. The fourth-order valence-electron chi connectivity index (χ4n) is 1.27. The van der Waals surface area contributed by atoms with Gasteiger partial charge in [-0.15, -0.1) is 0 Å². The zero-order valence-electron chi connectivity index (χ0n) is 11.2. The summed E-state index contributed by atoms with van der Waals surface area (Å²) in [5, 5.41) is 13.3. The van der Waals surface area contributed by atoms with E-state index in [1.807, 2.05) is 0 Å². The third kappa shape index (κ3) is 4.98. The third-order valence-corrected chi connectivity index (χ3v) is 3.78. The molecule has 0 spiro atoms. The van der Waals surface area contributed by atoms with Crippen molar-refractivity contribution in [3.05, 3.63) is 38.3 Å². The van der Waals surface area contributed by atoms with Crippen molar-refractivity contribution < 1.29 is 19.5 Å². The molecule has 0 unspecified atom stereocenters. The molecule has 0 heterocycles. The van der Waals surface area contributed by atoms with E-state index in [0.717, 1.165) is 4.47 Å². The van der Waals surface area contributed by atoms with Gasteiger partial charge in [0, 0.05) is 20.1 Å². The Kier molecular flexibility index (Phi) is 6.10. The van der Waals surface area contributed by atoms with Gasteiger partial charge in [0.2, 0.25) is 0 Å². The highest BCUT2D eigenvalue weighted by atomic mass is 79.9. The predicted octanol–water partition coefficient (Wildman–Crippen LogP) is 3.28. The lowest BCUT2D eigenvalue weighted by Gasteiger charge is -2.09. The number of carbonyl (C=O) groups is 3. The minimum Gasteiger partial charge on any atom is -0.478 e. The van der Waals surface area contributed by atoms with Crippen molar-refractivity contribution in [1.82, 2.24) is 5.32 Å². The van der Waals surface area contributed by atoms with Crippen LogP contribution in [0.3, 0.4) is 0 Å². The monoisotopic (exact) mass is 418 g/mol. The van der Waals surface area contributed by atoms with Gasteiger partial charge in [-0.2, -0.15) is 0 Å². The summed E-state index contributed by atoms with van der Waals surface area (Å²) in [6.45, 7) is 2.63. The maximum atomic E-state index is 11.7. The number of aliphatic carboxylic acids is 1. The van der Waals surface area contributed by atoms with Gasteiger partial charge in [-0.05, 0) is 48.0 Å².